The van der Waals surface area contributed by atoms with E-state index >= 15 is 0 Å². The van der Waals surface area contributed by atoms with Crippen molar-refractivity contribution < 1.29 is 18.7 Å². The Kier molecular flexibility index (Phi) is 2.56. The molecule has 0 saturated heterocycles. The molecule has 3 nitrogen and oxygen atoms in total. The summed E-state index contributed by atoms with van der Waals surface area (Å²) in [4.78, 5) is 11.0. The van der Waals surface area contributed by atoms with Crippen LogP contribution in [0.5, 0.6) is 0 Å². The van der Waals surface area contributed by atoms with Crippen molar-refractivity contribution in [3.63, 3.8) is 0 Å². The normalized spacial score (nSPS) is 32.4. The van der Waals surface area contributed by atoms with Crippen LogP contribution in [0.1, 0.15) is 13.8 Å². The number of nitrogens with one attached hydrogen (secondary N) is 1. The van der Waals surface area contributed by atoms with Crippen molar-refractivity contribution >= 4 is 5.91 Å². The van der Waals surface area contributed by atoms with E-state index in [1.54, 1.807) is 0 Å². The third-order valence-corrected chi connectivity index (χ3v) is 2.27. The van der Waals surface area contributed by atoms with Gasteiger partial charge in [0.05, 0.1) is 6.10 Å². The van der Waals surface area contributed by atoms with Gasteiger partial charge in [-0.05, 0) is 6.92 Å². The van der Waals surface area contributed by atoms with Gasteiger partial charge < -0.3 is 10.4 Å². The lowest BCUT2D eigenvalue weighted by molar-refractivity contribution is -0.124. The first-order valence-corrected chi connectivity index (χ1v) is 4.21. The van der Waals surface area contributed by atoms with Crippen LogP contribution in [0.15, 0.2) is 0 Å². The molecule has 76 valence electrons. The van der Waals surface area contributed by atoms with Crippen LogP contribution in [0.25, 0.3) is 0 Å². The van der Waals surface area contributed by atoms with E-state index in [9.17, 15) is 13.6 Å². The topological polar surface area (TPSA) is 49.3 Å². The molecule has 0 aromatic rings. The van der Waals surface area contributed by atoms with E-state index in [0.717, 1.165) is 0 Å². The second kappa shape index (κ2) is 3.21. The van der Waals surface area contributed by atoms with Gasteiger partial charge in [-0.15, -0.1) is 0 Å². The van der Waals surface area contributed by atoms with Crippen molar-refractivity contribution in [2.45, 2.75) is 25.9 Å². The summed E-state index contributed by atoms with van der Waals surface area (Å²) < 4.78 is 25.3. The van der Waals surface area contributed by atoms with Gasteiger partial charge in [-0.1, -0.05) is 6.92 Å². The van der Waals surface area contributed by atoms with Crippen LogP contribution in [0.2, 0.25) is 0 Å². The highest BCUT2D eigenvalue weighted by Crippen LogP contribution is 2.54. The van der Waals surface area contributed by atoms with Crippen LogP contribution in [0.4, 0.5) is 8.78 Å². The molecule has 0 bridgehead atoms. The molecule has 1 rings (SSSR count). The summed E-state index contributed by atoms with van der Waals surface area (Å²) in [7, 11) is 0. The second-order valence-electron chi connectivity index (χ2n) is 3.54. The predicted octanol–water partition coefficient (Wildman–Crippen LogP) is 0.385. The van der Waals surface area contributed by atoms with Crippen LogP contribution in [-0.2, 0) is 4.79 Å². The maximum atomic E-state index is 12.6. The Morgan fingerprint density at radius 2 is 2.15 bits per heavy atom. The molecule has 1 saturated carbocycles. The molecule has 2 N–H and O–H groups in total. The minimum Gasteiger partial charge on any atom is -0.392 e. The van der Waals surface area contributed by atoms with Gasteiger partial charge in [0.2, 0.25) is 5.91 Å². The van der Waals surface area contributed by atoms with Crippen molar-refractivity contribution in [1.29, 1.82) is 0 Å². The average Bonchev–Trinajstić information content (AvgIpc) is 2.47. The van der Waals surface area contributed by atoms with Gasteiger partial charge in [0.25, 0.3) is 5.92 Å². The molecular weight excluding hydrogens is 180 g/mol. The molecule has 1 fully saturated rings. The number of rotatable bonds is 3. The monoisotopic (exact) mass is 193 g/mol. The zero-order valence-electron chi connectivity index (χ0n) is 7.55. The molecule has 0 aromatic heterocycles. The number of alkyl halides is 2. The molecule has 13 heavy (non-hydrogen) atoms. The minimum atomic E-state index is -2.86. The predicted molar refractivity (Wildman–Crippen MR) is 42.3 cm³/mol. The zero-order chi connectivity index (χ0) is 10.2. The standard InChI is InChI=1S/C8H13F2NO2/c1-4(12)3-11-7(13)6-5(2)8(6,9)10/h4-6,12H,3H2,1-2H3,(H,11,13)/t4-,5?,6?/m0/s1. The Bertz CT molecular complexity index is 218. The fourth-order valence-electron chi connectivity index (χ4n) is 1.24. The van der Waals surface area contributed by atoms with Crippen LogP contribution in [0.3, 0.4) is 0 Å². The molecule has 5 heteroatoms. The lowest BCUT2D eigenvalue weighted by atomic mass is 10.3. The van der Waals surface area contributed by atoms with Gasteiger partial charge in [0.1, 0.15) is 5.92 Å². The van der Waals surface area contributed by atoms with E-state index in [2.05, 4.69) is 5.32 Å². The van der Waals surface area contributed by atoms with Gasteiger partial charge in [-0.3, -0.25) is 4.79 Å². The maximum absolute atomic E-state index is 12.6. The Morgan fingerprint density at radius 1 is 1.69 bits per heavy atom. The number of carbonyl (C=O) groups excluding carboxylic acids is 1. The number of hydrogen-bond acceptors (Lipinski definition) is 2. The second-order valence-corrected chi connectivity index (χ2v) is 3.54. The van der Waals surface area contributed by atoms with Crippen LogP contribution in [0, 0.1) is 11.8 Å². The minimum absolute atomic E-state index is 0.0259. The van der Waals surface area contributed by atoms with E-state index in [1.165, 1.54) is 13.8 Å². The highest BCUT2D eigenvalue weighted by atomic mass is 19.3. The first kappa shape index (κ1) is 10.4. The van der Waals surface area contributed by atoms with Crippen molar-refractivity contribution in [3.8, 4) is 0 Å². The van der Waals surface area contributed by atoms with Crippen LogP contribution < -0.4 is 5.32 Å². The summed E-state index contributed by atoms with van der Waals surface area (Å²) in [5.74, 6) is -5.60. The molecule has 0 aromatic carbocycles. The van der Waals surface area contributed by atoms with E-state index in [1.807, 2.05) is 0 Å². The largest absolute Gasteiger partial charge is 0.392 e. The first-order chi connectivity index (χ1) is 5.87. The lowest BCUT2D eigenvalue weighted by Crippen LogP contribution is -2.33. The lowest BCUT2D eigenvalue weighted by Gasteiger charge is -2.05. The molecule has 2 unspecified atom stereocenters. The summed E-state index contributed by atoms with van der Waals surface area (Å²) >= 11 is 0. The van der Waals surface area contributed by atoms with E-state index in [0.29, 0.717) is 0 Å². The van der Waals surface area contributed by atoms with Gasteiger partial charge in [0.15, 0.2) is 0 Å². The van der Waals surface area contributed by atoms with Gasteiger partial charge in [-0.25, -0.2) is 8.78 Å². The average molecular weight is 193 g/mol. The molecule has 3 atom stereocenters. The molecule has 0 aliphatic heterocycles. The van der Waals surface area contributed by atoms with Crippen molar-refractivity contribution in [2.75, 3.05) is 6.54 Å². The highest BCUT2D eigenvalue weighted by Gasteiger charge is 2.69. The van der Waals surface area contributed by atoms with Crippen LogP contribution in [-0.4, -0.2) is 29.6 Å². The van der Waals surface area contributed by atoms with Gasteiger partial charge in [-0.2, -0.15) is 0 Å². The maximum Gasteiger partial charge on any atom is 0.263 e. The van der Waals surface area contributed by atoms with E-state index < -0.39 is 29.8 Å². The molecular formula is C8H13F2NO2. The fourth-order valence-corrected chi connectivity index (χ4v) is 1.24. The zero-order valence-corrected chi connectivity index (χ0v) is 7.55. The van der Waals surface area contributed by atoms with Crippen molar-refractivity contribution in [1.82, 2.24) is 5.32 Å². The van der Waals surface area contributed by atoms with E-state index in [4.69, 9.17) is 5.11 Å². The smallest absolute Gasteiger partial charge is 0.263 e. The Balaban J connectivity index is 2.35. The number of carbonyl (C=O) groups is 1. The Labute approximate surface area is 75.1 Å². The third kappa shape index (κ3) is 1.96. The first-order valence-electron chi connectivity index (χ1n) is 4.21. The molecule has 1 amide bonds. The summed E-state index contributed by atoms with van der Waals surface area (Å²) in [5.41, 5.74) is 0. The SMILES string of the molecule is CC1C(C(=O)NC[C@H](C)O)C1(F)F. The summed E-state index contributed by atoms with van der Waals surface area (Å²) in [6.45, 7) is 2.85. The summed E-state index contributed by atoms with van der Waals surface area (Å²) in [6, 6.07) is 0. The molecule has 0 radical (unpaired) electrons. The number of amides is 1. The van der Waals surface area contributed by atoms with Crippen molar-refractivity contribution in [3.05, 3.63) is 0 Å². The molecule has 1 aliphatic rings. The van der Waals surface area contributed by atoms with Crippen LogP contribution >= 0.6 is 0 Å². The summed E-state index contributed by atoms with van der Waals surface area (Å²) in [5, 5.41) is 11.1. The van der Waals surface area contributed by atoms with Gasteiger partial charge in [0, 0.05) is 12.5 Å². The highest BCUT2D eigenvalue weighted by molar-refractivity contribution is 5.83. The number of aliphatic hydroxyl groups is 1. The quantitative estimate of drug-likeness (QED) is 0.681. The molecule has 0 spiro atoms. The molecule has 1 aliphatic carbocycles. The van der Waals surface area contributed by atoms with Crippen molar-refractivity contribution in [2.24, 2.45) is 11.8 Å². The number of hydrogen-bond donors (Lipinski definition) is 2. The fraction of sp³-hybridized carbons (Fsp3) is 0.875. The Hall–Kier alpha value is -0.710. The number of halogens is 2. The van der Waals surface area contributed by atoms with E-state index in [-0.39, 0.29) is 6.54 Å². The Morgan fingerprint density at radius 3 is 2.46 bits per heavy atom. The summed E-state index contributed by atoms with van der Waals surface area (Å²) in [6.07, 6.45) is -0.702. The molecule has 0 heterocycles. The number of aliphatic hydroxyl groups excluding tert-OH is 1. The van der Waals surface area contributed by atoms with Gasteiger partial charge >= 0.3 is 0 Å². The third-order valence-electron chi connectivity index (χ3n) is 2.27.